The first-order valence-electron chi connectivity index (χ1n) is 8.02. The van der Waals surface area contributed by atoms with Gasteiger partial charge in [-0.25, -0.2) is 0 Å². The lowest BCUT2D eigenvalue weighted by Gasteiger charge is -2.37. The van der Waals surface area contributed by atoms with Gasteiger partial charge in [0.15, 0.2) is 0 Å². The van der Waals surface area contributed by atoms with E-state index in [9.17, 15) is 4.79 Å². The van der Waals surface area contributed by atoms with Gasteiger partial charge >= 0.3 is 0 Å². The van der Waals surface area contributed by atoms with Gasteiger partial charge in [0.2, 0.25) is 5.91 Å². The molecule has 1 heterocycles. The number of alkyl halides is 1. The Bertz CT molecular complexity index is 462. The van der Waals surface area contributed by atoms with Gasteiger partial charge in [0.05, 0.1) is 5.92 Å². The van der Waals surface area contributed by atoms with E-state index in [1.165, 1.54) is 0 Å². The number of amides is 1. The van der Waals surface area contributed by atoms with Gasteiger partial charge in [-0.3, -0.25) is 4.79 Å². The fraction of sp³-hybridized carbons (Fsp3) is 0.611. The molecule has 0 N–H and O–H groups in total. The minimum Gasteiger partial charge on any atom is -0.341 e. The first-order chi connectivity index (χ1) is 10.0. The van der Waals surface area contributed by atoms with Crippen LogP contribution in [0.1, 0.15) is 45.1 Å². The molecule has 0 bridgehead atoms. The van der Waals surface area contributed by atoms with E-state index < -0.39 is 0 Å². The highest BCUT2D eigenvalue weighted by Crippen LogP contribution is 2.32. The lowest BCUT2D eigenvalue weighted by Crippen LogP contribution is -2.46. The molecule has 0 spiro atoms. The quantitative estimate of drug-likeness (QED) is 0.733. The first kappa shape index (κ1) is 16.5. The highest BCUT2D eigenvalue weighted by Gasteiger charge is 2.33. The molecule has 1 aromatic carbocycles. The summed E-state index contributed by atoms with van der Waals surface area (Å²) in [6.45, 7) is 8.33. The SMILES string of the molecule is CCC(C)C(C(=O)N1CCC(C)C(Br)C1)c1ccccc1. The van der Waals surface area contributed by atoms with Crippen LogP contribution >= 0.6 is 15.9 Å². The molecule has 0 saturated carbocycles. The maximum absolute atomic E-state index is 13.1. The Morgan fingerprint density at radius 3 is 2.62 bits per heavy atom. The van der Waals surface area contributed by atoms with Crippen LogP contribution in [0.2, 0.25) is 0 Å². The van der Waals surface area contributed by atoms with Crippen LogP contribution in [0.3, 0.4) is 0 Å². The minimum absolute atomic E-state index is 0.00990. The second kappa shape index (κ2) is 7.44. The zero-order valence-corrected chi connectivity index (χ0v) is 14.8. The van der Waals surface area contributed by atoms with Crippen LogP contribution in [0, 0.1) is 11.8 Å². The number of halogens is 1. The number of nitrogens with zero attached hydrogens (tertiary/aromatic N) is 1. The van der Waals surface area contributed by atoms with Crippen molar-refractivity contribution in [2.45, 2.75) is 44.4 Å². The van der Waals surface area contributed by atoms with E-state index in [-0.39, 0.29) is 5.92 Å². The van der Waals surface area contributed by atoms with Crippen molar-refractivity contribution in [3.05, 3.63) is 35.9 Å². The van der Waals surface area contributed by atoms with E-state index in [1.54, 1.807) is 0 Å². The van der Waals surface area contributed by atoms with Crippen molar-refractivity contribution in [2.24, 2.45) is 11.8 Å². The van der Waals surface area contributed by atoms with Gasteiger partial charge < -0.3 is 4.90 Å². The van der Waals surface area contributed by atoms with E-state index in [0.717, 1.165) is 31.5 Å². The summed E-state index contributed by atoms with van der Waals surface area (Å²) in [5, 5.41) is 0. The van der Waals surface area contributed by atoms with Gasteiger partial charge in [-0.15, -0.1) is 0 Å². The summed E-state index contributed by atoms with van der Waals surface area (Å²) in [5.41, 5.74) is 1.15. The lowest BCUT2D eigenvalue weighted by molar-refractivity contribution is -0.135. The van der Waals surface area contributed by atoms with Crippen molar-refractivity contribution in [2.75, 3.05) is 13.1 Å². The molecule has 3 heteroatoms. The van der Waals surface area contributed by atoms with Crippen molar-refractivity contribution < 1.29 is 4.79 Å². The summed E-state index contributed by atoms with van der Waals surface area (Å²) < 4.78 is 0. The molecule has 4 unspecified atom stereocenters. The monoisotopic (exact) mass is 351 g/mol. The number of carbonyl (C=O) groups excluding carboxylic acids is 1. The third-order valence-electron chi connectivity index (χ3n) is 4.82. The number of carbonyl (C=O) groups is 1. The highest BCUT2D eigenvalue weighted by molar-refractivity contribution is 9.09. The molecule has 0 aliphatic carbocycles. The zero-order valence-electron chi connectivity index (χ0n) is 13.3. The van der Waals surface area contributed by atoms with Crippen LogP contribution in [-0.2, 0) is 4.79 Å². The molecule has 4 atom stereocenters. The molecule has 1 aliphatic heterocycles. The molecular weight excluding hydrogens is 326 g/mol. The third-order valence-corrected chi connectivity index (χ3v) is 6.01. The summed E-state index contributed by atoms with van der Waals surface area (Å²) in [5.74, 6) is 1.30. The van der Waals surface area contributed by atoms with Crippen LogP contribution in [-0.4, -0.2) is 28.7 Å². The summed E-state index contributed by atoms with van der Waals surface area (Å²) in [7, 11) is 0. The number of hydrogen-bond donors (Lipinski definition) is 0. The van der Waals surface area contributed by atoms with Crippen LogP contribution < -0.4 is 0 Å². The molecule has 1 amide bonds. The molecule has 2 nitrogen and oxygen atoms in total. The smallest absolute Gasteiger partial charge is 0.230 e. The molecule has 1 aliphatic rings. The van der Waals surface area contributed by atoms with Crippen molar-refractivity contribution in [1.82, 2.24) is 4.90 Å². The number of rotatable bonds is 4. The van der Waals surface area contributed by atoms with Crippen molar-refractivity contribution in [3.8, 4) is 0 Å². The number of hydrogen-bond acceptors (Lipinski definition) is 1. The van der Waals surface area contributed by atoms with Crippen molar-refractivity contribution in [1.29, 1.82) is 0 Å². The molecular formula is C18H26BrNO. The second-order valence-corrected chi connectivity index (χ2v) is 7.52. The molecule has 1 saturated heterocycles. The first-order valence-corrected chi connectivity index (χ1v) is 8.94. The Labute approximate surface area is 137 Å². The van der Waals surface area contributed by atoms with Gasteiger partial charge in [0.1, 0.15) is 0 Å². The van der Waals surface area contributed by atoms with Crippen LogP contribution in [0.5, 0.6) is 0 Å². The Hall–Kier alpha value is -0.830. The highest BCUT2D eigenvalue weighted by atomic mass is 79.9. The fourth-order valence-electron chi connectivity index (χ4n) is 3.03. The summed E-state index contributed by atoms with van der Waals surface area (Å²) in [6, 6.07) is 10.3. The Morgan fingerprint density at radius 1 is 1.38 bits per heavy atom. The topological polar surface area (TPSA) is 20.3 Å². The third kappa shape index (κ3) is 3.88. The zero-order chi connectivity index (χ0) is 15.4. The van der Waals surface area contributed by atoms with E-state index in [1.807, 2.05) is 18.2 Å². The average molecular weight is 352 g/mol. The van der Waals surface area contributed by atoms with Crippen LogP contribution in [0.25, 0.3) is 0 Å². The maximum atomic E-state index is 13.1. The van der Waals surface area contributed by atoms with Gasteiger partial charge in [-0.2, -0.15) is 0 Å². The summed E-state index contributed by atoms with van der Waals surface area (Å²) in [4.78, 5) is 15.5. The number of benzene rings is 1. The van der Waals surface area contributed by atoms with Crippen LogP contribution in [0.15, 0.2) is 30.3 Å². The lowest BCUT2D eigenvalue weighted by atomic mass is 9.84. The second-order valence-electron chi connectivity index (χ2n) is 6.34. The predicted molar refractivity (Wildman–Crippen MR) is 91.7 cm³/mol. The van der Waals surface area contributed by atoms with Gasteiger partial charge in [0.25, 0.3) is 0 Å². The standard InChI is InChI=1S/C18H26BrNO/c1-4-13(2)17(15-8-6-5-7-9-15)18(21)20-11-10-14(3)16(19)12-20/h5-9,13-14,16-17H,4,10-12H2,1-3H3. The Balaban J connectivity index is 2.19. The van der Waals surface area contributed by atoms with Crippen molar-refractivity contribution in [3.63, 3.8) is 0 Å². The number of piperidine rings is 1. The van der Waals surface area contributed by atoms with Gasteiger partial charge in [0, 0.05) is 17.9 Å². The fourth-order valence-corrected chi connectivity index (χ4v) is 3.64. The largest absolute Gasteiger partial charge is 0.341 e. The average Bonchev–Trinajstić information content (AvgIpc) is 2.51. The molecule has 1 aromatic rings. The van der Waals surface area contributed by atoms with E-state index in [2.05, 4.69) is 53.7 Å². The van der Waals surface area contributed by atoms with Gasteiger partial charge in [-0.05, 0) is 23.8 Å². The van der Waals surface area contributed by atoms with E-state index in [0.29, 0.717) is 22.6 Å². The minimum atomic E-state index is -0.00990. The number of likely N-dealkylation sites (tertiary alicyclic amines) is 1. The normalized spacial score (nSPS) is 25.4. The molecule has 0 radical (unpaired) electrons. The molecule has 0 aromatic heterocycles. The van der Waals surface area contributed by atoms with E-state index >= 15 is 0 Å². The van der Waals surface area contributed by atoms with Crippen molar-refractivity contribution >= 4 is 21.8 Å². The van der Waals surface area contributed by atoms with Crippen LogP contribution in [0.4, 0.5) is 0 Å². The Kier molecular flexibility index (Phi) is 5.86. The Morgan fingerprint density at radius 2 is 2.05 bits per heavy atom. The van der Waals surface area contributed by atoms with E-state index in [4.69, 9.17) is 0 Å². The molecule has 21 heavy (non-hydrogen) atoms. The summed E-state index contributed by atoms with van der Waals surface area (Å²) in [6.07, 6.45) is 2.11. The molecule has 116 valence electrons. The maximum Gasteiger partial charge on any atom is 0.230 e. The molecule has 2 rings (SSSR count). The predicted octanol–water partition coefficient (Wildman–Crippen LogP) is 4.45. The molecule has 1 fully saturated rings. The van der Waals surface area contributed by atoms with Gasteiger partial charge in [-0.1, -0.05) is 73.5 Å². The summed E-state index contributed by atoms with van der Waals surface area (Å²) >= 11 is 3.73.